The molecule has 0 saturated carbocycles. The summed E-state index contributed by atoms with van der Waals surface area (Å²) in [5.41, 5.74) is 1.71. The summed E-state index contributed by atoms with van der Waals surface area (Å²) in [6, 6.07) is 15.1. The SMILES string of the molecule is COCCNC(=O)[C@H]1[C@H](c2cccc(NC(=O)c3cccs3)c2)OC(=O)N1Cc1ccc(F)cc1. The molecule has 0 aliphatic carbocycles. The third-order valence-corrected chi connectivity index (χ3v) is 6.31. The average molecular weight is 498 g/mol. The van der Waals surface area contributed by atoms with E-state index >= 15 is 0 Å². The van der Waals surface area contributed by atoms with E-state index in [1.807, 2.05) is 5.38 Å². The predicted molar refractivity (Wildman–Crippen MR) is 129 cm³/mol. The number of halogens is 1. The van der Waals surface area contributed by atoms with E-state index in [0.717, 1.165) is 0 Å². The third-order valence-electron chi connectivity index (χ3n) is 5.44. The van der Waals surface area contributed by atoms with Gasteiger partial charge in [-0.15, -0.1) is 11.3 Å². The van der Waals surface area contributed by atoms with Gasteiger partial charge in [-0.05, 0) is 46.8 Å². The molecule has 3 amide bonds. The highest BCUT2D eigenvalue weighted by Gasteiger charge is 2.47. The van der Waals surface area contributed by atoms with Gasteiger partial charge in [-0.3, -0.25) is 14.5 Å². The average Bonchev–Trinajstić information content (AvgIpc) is 3.50. The Morgan fingerprint density at radius 1 is 1.14 bits per heavy atom. The van der Waals surface area contributed by atoms with Gasteiger partial charge in [0, 0.05) is 19.3 Å². The molecule has 3 aromatic rings. The molecule has 2 aromatic carbocycles. The van der Waals surface area contributed by atoms with E-state index in [9.17, 15) is 18.8 Å². The van der Waals surface area contributed by atoms with Crippen LogP contribution in [0.4, 0.5) is 14.9 Å². The summed E-state index contributed by atoms with van der Waals surface area (Å²) in [6.45, 7) is 0.626. The number of ether oxygens (including phenoxy) is 2. The first-order valence-corrected chi connectivity index (χ1v) is 11.8. The molecule has 0 bridgehead atoms. The third kappa shape index (κ3) is 5.84. The summed E-state index contributed by atoms with van der Waals surface area (Å²) in [5, 5.41) is 7.41. The van der Waals surface area contributed by atoms with Crippen molar-refractivity contribution in [3.05, 3.63) is 87.9 Å². The Morgan fingerprint density at radius 3 is 2.66 bits per heavy atom. The molecule has 0 spiro atoms. The summed E-state index contributed by atoms with van der Waals surface area (Å²) in [5.74, 6) is -1.06. The first kappa shape index (κ1) is 24.4. The van der Waals surface area contributed by atoms with E-state index < -0.39 is 30.0 Å². The minimum Gasteiger partial charge on any atom is -0.438 e. The maximum absolute atomic E-state index is 13.3. The molecule has 8 nitrogen and oxygen atoms in total. The first-order chi connectivity index (χ1) is 17.0. The highest BCUT2D eigenvalue weighted by atomic mass is 32.1. The van der Waals surface area contributed by atoms with E-state index in [1.165, 1.54) is 35.5 Å². The molecule has 1 aliphatic rings. The first-order valence-electron chi connectivity index (χ1n) is 10.9. The van der Waals surface area contributed by atoms with Crippen LogP contribution in [0, 0.1) is 5.82 Å². The van der Waals surface area contributed by atoms with Crippen molar-refractivity contribution in [1.29, 1.82) is 0 Å². The molecule has 2 atom stereocenters. The van der Waals surface area contributed by atoms with Crippen molar-refractivity contribution in [2.75, 3.05) is 25.6 Å². The second-order valence-corrected chi connectivity index (χ2v) is 8.79. The fourth-order valence-corrected chi connectivity index (χ4v) is 4.39. The van der Waals surface area contributed by atoms with Crippen LogP contribution in [-0.4, -0.2) is 49.1 Å². The molecule has 2 heterocycles. The topological polar surface area (TPSA) is 97.0 Å². The normalized spacial score (nSPS) is 17.2. The van der Waals surface area contributed by atoms with Crippen molar-refractivity contribution in [2.24, 2.45) is 0 Å². The number of hydrogen-bond acceptors (Lipinski definition) is 6. The van der Waals surface area contributed by atoms with Crippen LogP contribution in [0.5, 0.6) is 0 Å². The second-order valence-electron chi connectivity index (χ2n) is 7.84. The number of thiophene rings is 1. The van der Waals surface area contributed by atoms with Crippen LogP contribution in [0.15, 0.2) is 66.0 Å². The number of anilines is 1. The van der Waals surface area contributed by atoms with Crippen LogP contribution in [0.25, 0.3) is 0 Å². The largest absolute Gasteiger partial charge is 0.438 e. The van der Waals surface area contributed by atoms with Crippen LogP contribution in [0.1, 0.15) is 26.9 Å². The lowest BCUT2D eigenvalue weighted by molar-refractivity contribution is -0.126. The van der Waals surface area contributed by atoms with E-state index in [4.69, 9.17) is 9.47 Å². The van der Waals surface area contributed by atoms with Crippen molar-refractivity contribution in [3.8, 4) is 0 Å². The molecule has 2 N–H and O–H groups in total. The molecular weight excluding hydrogens is 473 g/mol. The number of nitrogens with one attached hydrogen (secondary N) is 2. The van der Waals surface area contributed by atoms with Crippen molar-refractivity contribution in [2.45, 2.75) is 18.7 Å². The molecule has 0 unspecified atom stereocenters. The standard InChI is InChI=1S/C25H24FN3O5S/c1-33-12-11-27-24(31)21-22(34-25(32)29(21)15-16-7-9-18(26)10-8-16)17-4-2-5-19(14-17)28-23(30)20-6-3-13-35-20/h2-10,13-14,21-22H,11-12,15H2,1H3,(H,27,31)(H,28,30)/t21-,22+/m1/s1. The minimum atomic E-state index is -0.979. The van der Waals surface area contributed by atoms with Crippen LogP contribution >= 0.6 is 11.3 Å². The molecule has 35 heavy (non-hydrogen) atoms. The number of carbonyl (C=O) groups excluding carboxylic acids is 3. The molecule has 0 radical (unpaired) electrons. The van der Waals surface area contributed by atoms with Gasteiger partial charge in [-0.25, -0.2) is 9.18 Å². The number of amides is 3. The van der Waals surface area contributed by atoms with Gasteiger partial charge in [-0.2, -0.15) is 0 Å². The Bertz CT molecular complexity index is 1190. The van der Waals surface area contributed by atoms with Gasteiger partial charge in [0.15, 0.2) is 12.1 Å². The zero-order chi connectivity index (χ0) is 24.8. The lowest BCUT2D eigenvalue weighted by atomic mass is 10.00. The molecular formula is C25H24FN3O5S. The van der Waals surface area contributed by atoms with E-state index in [1.54, 1.807) is 48.5 Å². The minimum absolute atomic E-state index is 0.0623. The quantitative estimate of drug-likeness (QED) is 0.436. The van der Waals surface area contributed by atoms with Crippen LogP contribution in [0.2, 0.25) is 0 Å². The number of cyclic esters (lactones) is 1. The molecule has 182 valence electrons. The molecule has 4 rings (SSSR count). The fourth-order valence-electron chi connectivity index (χ4n) is 3.77. The van der Waals surface area contributed by atoms with Gasteiger partial charge in [-0.1, -0.05) is 30.3 Å². The van der Waals surface area contributed by atoms with Crippen molar-refractivity contribution < 1.29 is 28.2 Å². The monoisotopic (exact) mass is 497 g/mol. The van der Waals surface area contributed by atoms with Gasteiger partial charge >= 0.3 is 6.09 Å². The fraction of sp³-hybridized carbons (Fsp3) is 0.240. The van der Waals surface area contributed by atoms with Gasteiger partial charge in [0.2, 0.25) is 5.91 Å². The zero-order valence-electron chi connectivity index (χ0n) is 18.9. The smallest absolute Gasteiger partial charge is 0.411 e. The number of carbonyl (C=O) groups is 3. The van der Waals surface area contributed by atoms with Crippen LogP contribution in [-0.2, 0) is 20.8 Å². The van der Waals surface area contributed by atoms with E-state index in [0.29, 0.717) is 28.3 Å². The highest BCUT2D eigenvalue weighted by molar-refractivity contribution is 7.12. The highest BCUT2D eigenvalue weighted by Crippen LogP contribution is 2.35. The Hall–Kier alpha value is -3.76. The van der Waals surface area contributed by atoms with E-state index in [2.05, 4.69) is 10.6 Å². The molecule has 1 saturated heterocycles. The Morgan fingerprint density at radius 2 is 1.94 bits per heavy atom. The molecule has 10 heteroatoms. The number of benzene rings is 2. The lowest BCUT2D eigenvalue weighted by Crippen LogP contribution is -2.47. The Labute approximate surface area is 205 Å². The van der Waals surface area contributed by atoms with Crippen LogP contribution < -0.4 is 10.6 Å². The number of nitrogens with zero attached hydrogens (tertiary/aromatic N) is 1. The summed E-state index contributed by atoms with van der Waals surface area (Å²) in [4.78, 5) is 40.3. The lowest BCUT2D eigenvalue weighted by Gasteiger charge is -2.24. The van der Waals surface area contributed by atoms with Crippen molar-refractivity contribution in [3.63, 3.8) is 0 Å². The number of hydrogen-bond donors (Lipinski definition) is 2. The van der Waals surface area contributed by atoms with Crippen molar-refractivity contribution >= 4 is 34.9 Å². The van der Waals surface area contributed by atoms with E-state index in [-0.39, 0.29) is 19.0 Å². The molecule has 1 aromatic heterocycles. The number of methoxy groups -OCH3 is 1. The van der Waals surface area contributed by atoms with Gasteiger partial charge in [0.05, 0.1) is 18.0 Å². The zero-order valence-corrected chi connectivity index (χ0v) is 19.7. The summed E-state index contributed by atoms with van der Waals surface area (Å²) >= 11 is 1.32. The van der Waals surface area contributed by atoms with Gasteiger partial charge < -0.3 is 20.1 Å². The summed E-state index contributed by atoms with van der Waals surface area (Å²) in [6.07, 6.45) is -1.58. The Kier molecular flexibility index (Phi) is 7.74. The summed E-state index contributed by atoms with van der Waals surface area (Å²) in [7, 11) is 1.52. The predicted octanol–water partition coefficient (Wildman–Crippen LogP) is 3.96. The maximum Gasteiger partial charge on any atom is 0.411 e. The van der Waals surface area contributed by atoms with Crippen LogP contribution in [0.3, 0.4) is 0 Å². The maximum atomic E-state index is 13.3. The Balaban J connectivity index is 1.59. The van der Waals surface area contributed by atoms with Gasteiger partial charge in [0.25, 0.3) is 5.91 Å². The second kappa shape index (κ2) is 11.1. The summed E-state index contributed by atoms with van der Waals surface area (Å²) < 4.78 is 24.0. The molecule has 1 aliphatic heterocycles. The van der Waals surface area contributed by atoms with Crippen molar-refractivity contribution in [1.82, 2.24) is 10.2 Å². The molecule has 1 fully saturated rings. The van der Waals surface area contributed by atoms with Gasteiger partial charge in [0.1, 0.15) is 5.82 Å². The number of rotatable bonds is 9.